The van der Waals surface area contributed by atoms with Gasteiger partial charge in [0.25, 0.3) is 0 Å². The first-order valence-electron chi connectivity index (χ1n) is 3.75. The Kier molecular flexibility index (Phi) is 1.98. The van der Waals surface area contributed by atoms with Crippen LogP contribution < -0.4 is 0 Å². The van der Waals surface area contributed by atoms with Crippen molar-refractivity contribution in [3.05, 3.63) is 35.5 Å². The van der Waals surface area contributed by atoms with E-state index in [4.69, 9.17) is 11.6 Å². The molecule has 2 heterocycles. The third-order valence-electron chi connectivity index (χ3n) is 1.59. The summed E-state index contributed by atoms with van der Waals surface area (Å²) in [6.07, 6.45) is 4.79. The first-order chi connectivity index (χ1) is 6.27. The Labute approximate surface area is 80.2 Å². The Hall–Kier alpha value is -1.42. The highest BCUT2D eigenvalue weighted by molar-refractivity contribution is 6.31. The number of rotatable bonds is 1. The van der Waals surface area contributed by atoms with E-state index in [-0.39, 0.29) is 0 Å². The molecule has 13 heavy (non-hydrogen) atoms. The predicted octanol–water partition coefficient (Wildman–Crippen LogP) is 1.62. The van der Waals surface area contributed by atoms with Crippen molar-refractivity contribution in [2.75, 3.05) is 0 Å². The van der Waals surface area contributed by atoms with Gasteiger partial charge in [0.1, 0.15) is 11.3 Å². The number of aromatic nitrogens is 4. The second-order valence-corrected chi connectivity index (χ2v) is 3.00. The summed E-state index contributed by atoms with van der Waals surface area (Å²) in [5.41, 5.74) is 0.926. The summed E-state index contributed by atoms with van der Waals surface area (Å²) in [4.78, 5) is 7.81. The van der Waals surface area contributed by atoms with Gasteiger partial charge >= 0.3 is 0 Å². The fourth-order valence-electron chi connectivity index (χ4n) is 1.01. The molecule has 0 spiro atoms. The molecule has 0 saturated carbocycles. The molecule has 0 radical (unpaired) electrons. The smallest absolute Gasteiger partial charge is 0.175 e. The van der Waals surface area contributed by atoms with E-state index in [1.165, 1.54) is 6.33 Å². The van der Waals surface area contributed by atoms with Gasteiger partial charge in [0, 0.05) is 6.20 Å². The van der Waals surface area contributed by atoms with Crippen LogP contribution in [0.3, 0.4) is 0 Å². The van der Waals surface area contributed by atoms with Crippen LogP contribution in [-0.2, 0) is 0 Å². The Morgan fingerprint density at radius 2 is 2.31 bits per heavy atom. The molecule has 2 aromatic rings. The van der Waals surface area contributed by atoms with Crippen LogP contribution in [0.15, 0.2) is 24.8 Å². The minimum absolute atomic E-state index is 0.491. The molecule has 4 nitrogen and oxygen atoms in total. The molecule has 0 unspecified atom stereocenters. The van der Waals surface area contributed by atoms with Crippen molar-refractivity contribution in [2.45, 2.75) is 6.92 Å². The first-order valence-corrected chi connectivity index (χ1v) is 4.13. The van der Waals surface area contributed by atoms with Crippen molar-refractivity contribution < 1.29 is 0 Å². The largest absolute Gasteiger partial charge is 0.243 e. The molecule has 0 aliphatic carbocycles. The summed E-state index contributed by atoms with van der Waals surface area (Å²) in [6, 6.07) is 1.89. The number of nitrogens with zero attached hydrogens (tertiary/aromatic N) is 4. The molecule has 2 aromatic heterocycles. The maximum atomic E-state index is 5.88. The maximum absolute atomic E-state index is 5.88. The molecular weight excluding hydrogens is 188 g/mol. The van der Waals surface area contributed by atoms with Gasteiger partial charge in [-0.1, -0.05) is 11.6 Å². The lowest BCUT2D eigenvalue weighted by Gasteiger charge is -2.00. The fraction of sp³-hybridized carbons (Fsp3) is 0.125. The summed E-state index contributed by atoms with van der Waals surface area (Å²) < 4.78 is 1.62. The van der Waals surface area contributed by atoms with Gasteiger partial charge in [-0.05, 0) is 13.0 Å². The standard InChI is InChI=1S/C8H7ClN4/c1-6-2-3-13(12-6)8-7(9)4-10-5-11-8/h2-5H,1H3. The van der Waals surface area contributed by atoms with Gasteiger partial charge in [-0.15, -0.1) is 0 Å². The van der Waals surface area contributed by atoms with E-state index in [0.717, 1.165) is 5.69 Å². The normalized spacial score (nSPS) is 10.3. The van der Waals surface area contributed by atoms with Crippen molar-refractivity contribution >= 4 is 11.6 Å². The topological polar surface area (TPSA) is 43.6 Å². The Bertz CT molecular complexity index is 424. The van der Waals surface area contributed by atoms with Crippen LogP contribution in [-0.4, -0.2) is 19.7 Å². The van der Waals surface area contributed by atoms with E-state index in [9.17, 15) is 0 Å². The Balaban J connectivity index is 2.52. The highest BCUT2D eigenvalue weighted by Crippen LogP contribution is 2.14. The monoisotopic (exact) mass is 194 g/mol. The van der Waals surface area contributed by atoms with Crippen molar-refractivity contribution in [1.82, 2.24) is 19.7 Å². The molecule has 5 heteroatoms. The van der Waals surface area contributed by atoms with Crippen molar-refractivity contribution in [3.8, 4) is 5.82 Å². The summed E-state index contributed by atoms with van der Waals surface area (Å²) in [7, 11) is 0. The molecule has 66 valence electrons. The maximum Gasteiger partial charge on any atom is 0.175 e. The van der Waals surface area contributed by atoms with Crippen LogP contribution in [0.2, 0.25) is 5.02 Å². The molecule has 2 rings (SSSR count). The lowest BCUT2D eigenvalue weighted by Crippen LogP contribution is -1.99. The van der Waals surface area contributed by atoms with Gasteiger partial charge in [0.15, 0.2) is 5.82 Å². The third-order valence-corrected chi connectivity index (χ3v) is 1.85. The number of aryl methyl sites for hydroxylation is 1. The SMILES string of the molecule is Cc1ccn(-c2ncncc2Cl)n1. The van der Waals surface area contributed by atoms with Crippen LogP contribution in [0.5, 0.6) is 0 Å². The van der Waals surface area contributed by atoms with Crippen molar-refractivity contribution in [3.63, 3.8) is 0 Å². The highest BCUT2D eigenvalue weighted by atomic mass is 35.5. The molecule has 0 saturated heterocycles. The van der Waals surface area contributed by atoms with Gasteiger partial charge in [-0.25, -0.2) is 14.6 Å². The van der Waals surface area contributed by atoms with E-state index >= 15 is 0 Å². The minimum Gasteiger partial charge on any atom is -0.243 e. The lowest BCUT2D eigenvalue weighted by molar-refractivity contribution is 0.826. The molecule has 0 bridgehead atoms. The molecule has 0 aromatic carbocycles. The molecule has 0 atom stereocenters. The van der Waals surface area contributed by atoms with Crippen LogP contribution >= 0.6 is 11.6 Å². The first kappa shape index (κ1) is 8.19. The molecule has 0 aliphatic heterocycles. The second kappa shape index (κ2) is 3.14. The quantitative estimate of drug-likeness (QED) is 0.693. The zero-order valence-corrected chi connectivity index (χ0v) is 7.73. The average molecular weight is 195 g/mol. The van der Waals surface area contributed by atoms with Gasteiger partial charge < -0.3 is 0 Å². The van der Waals surface area contributed by atoms with Gasteiger partial charge in [-0.2, -0.15) is 5.10 Å². The summed E-state index contributed by atoms with van der Waals surface area (Å²) in [5, 5.41) is 4.68. The van der Waals surface area contributed by atoms with Crippen molar-refractivity contribution in [2.24, 2.45) is 0 Å². The molecule has 0 aliphatic rings. The van der Waals surface area contributed by atoms with E-state index in [0.29, 0.717) is 10.8 Å². The molecule has 0 fully saturated rings. The third kappa shape index (κ3) is 1.53. The highest BCUT2D eigenvalue weighted by Gasteiger charge is 2.03. The van der Waals surface area contributed by atoms with E-state index in [1.807, 2.05) is 19.2 Å². The summed E-state index contributed by atoms with van der Waals surface area (Å²) in [5.74, 6) is 0.602. The van der Waals surface area contributed by atoms with Gasteiger partial charge in [0.05, 0.1) is 11.9 Å². The number of halogens is 1. The lowest BCUT2D eigenvalue weighted by atomic mass is 10.5. The van der Waals surface area contributed by atoms with Crippen LogP contribution in [0.25, 0.3) is 5.82 Å². The molecule has 0 N–H and O–H groups in total. The van der Waals surface area contributed by atoms with Gasteiger partial charge in [0.2, 0.25) is 0 Å². The molecular formula is C8H7ClN4. The number of hydrogen-bond acceptors (Lipinski definition) is 3. The fourth-order valence-corrected chi connectivity index (χ4v) is 1.20. The Morgan fingerprint density at radius 3 is 2.92 bits per heavy atom. The zero-order chi connectivity index (χ0) is 9.26. The van der Waals surface area contributed by atoms with Crippen LogP contribution in [0.1, 0.15) is 5.69 Å². The van der Waals surface area contributed by atoms with Crippen molar-refractivity contribution in [1.29, 1.82) is 0 Å². The van der Waals surface area contributed by atoms with Crippen LogP contribution in [0.4, 0.5) is 0 Å². The predicted molar refractivity (Wildman–Crippen MR) is 48.9 cm³/mol. The summed E-state index contributed by atoms with van der Waals surface area (Å²) in [6.45, 7) is 1.91. The van der Waals surface area contributed by atoms with E-state index < -0.39 is 0 Å². The average Bonchev–Trinajstić information content (AvgIpc) is 2.53. The Morgan fingerprint density at radius 1 is 1.46 bits per heavy atom. The van der Waals surface area contributed by atoms with Crippen LogP contribution in [0, 0.1) is 6.92 Å². The van der Waals surface area contributed by atoms with E-state index in [2.05, 4.69) is 15.1 Å². The second-order valence-electron chi connectivity index (χ2n) is 2.60. The summed E-state index contributed by atoms with van der Waals surface area (Å²) >= 11 is 5.88. The zero-order valence-electron chi connectivity index (χ0n) is 6.98. The number of hydrogen-bond donors (Lipinski definition) is 0. The molecule has 0 amide bonds. The minimum atomic E-state index is 0.491. The van der Waals surface area contributed by atoms with E-state index in [1.54, 1.807) is 10.9 Å². The van der Waals surface area contributed by atoms with Gasteiger partial charge in [-0.3, -0.25) is 0 Å².